The molecule has 1 N–H and O–H groups in total. The Hall–Kier alpha value is -0.350. The van der Waals surface area contributed by atoms with Gasteiger partial charge < -0.3 is 5.32 Å². The third kappa shape index (κ3) is 3.40. The predicted octanol–water partition coefficient (Wildman–Crippen LogP) is 5.48. The van der Waals surface area contributed by atoms with E-state index in [2.05, 4.69) is 54.2 Å². The lowest BCUT2D eigenvalue weighted by molar-refractivity contribution is 0.637. The van der Waals surface area contributed by atoms with Gasteiger partial charge in [-0.05, 0) is 49.7 Å². The summed E-state index contributed by atoms with van der Waals surface area (Å²) in [5.41, 5.74) is 2.46. The molecule has 102 valence electrons. The summed E-state index contributed by atoms with van der Waals surface area (Å²) < 4.78 is 1.01. The molecular formula is C15H17BrClNS. The van der Waals surface area contributed by atoms with Crippen LogP contribution in [0.15, 0.2) is 28.7 Å². The molecule has 0 aliphatic heterocycles. The van der Waals surface area contributed by atoms with Crippen molar-refractivity contribution in [3.05, 3.63) is 54.6 Å². The first-order chi connectivity index (χ1) is 9.02. The van der Waals surface area contributed by atoms with E-state index in [0.29, 0.717) is 0 Å². The second-order valence-electron chi connectivity index (χ2n) is 4.56. The molecule has 0 saturated heterocycles. The SMILES string of the molecule is CCNC(c1ccc(Br)cc1Cl)c1sc(C)cc1C. The van der Waals surface area contributed by atoms with Crippen molar-refractivity contribution in [2.24, 2.45) is 0 Å². The van der Waals surface area contributed by atoms with Crippen LogP contribution < -0.4 is 5.32 Å². The van der Waals surface area contributed by atoms with Crippen LogP contribution in [0.25, 0.3) is 0 Å². The zero-order valence-electron chi connectivity index (χ0n) is 11.3. The molecule has 4 heteroatoms. The highest BCUT2D eigenvalue weighted by molar-refractivity contribution is 9.10. The number of hydrogen-bond acceptors (Lipinski definition) is 2. The maximum absolute atomic E-state index is 6.40. The molecule has 1 aromatic heterocycles. The zero-order valence-corrected chi connectivity index (χ0v) is 14.4. The van der Waals surface area contributed by atoms with E-state index in [-0.39, 0.29) is 6.04 Å². The van der Waals surface area contributed by atoms with Gasteiger partial charge in [0, 0.05) is 19.2 Å². The van der Waals surface area contributed by atoms with Gasteiger partial charge in [0.2, 0.25) is 0 Å². The normalized spacial score (nSPS) is 12.7. The third-order valence-electron chi connectivity index (χ3n) is 3.02. The van der Waals surface area contributed by atoms with E-state index in [1.807, 2.05) is 23.5 Å². The van der Waals surface area contributed by atoms with Crippen molar-refractivity contribution in [2.45, 2.75) is 26.8 Å². The number of halogens is 2. The molecule has 0 aliphatic rings. The highest BCUT2D eigenvalue weighted by Gasteiger charge is 2.20. The first-order valence-electron chi connectivity index (χ1n) is 6.28. The van der Waals surface area contributed by atoms with Gasteiger partial charge in [-0.2, -0.15) is 0 Å². The molecule has 0 saturated carbocycles. The van der Waals surface area contributed by atoms with Gasteiger partial charge in [-0.15, -0.1) is 11.3 Å². The van der Waals surface area contributed by atoms with Crippen molar-refractivity contribution in [2.75, 3.05) is 6.54 Å². The quantitative estimate of drug-likeness (QED) is 0.763. The van der Waals surface area contributed by atoms with Gasteiger partial charge in [0.25, 0.3) is 0 Å². The van der Waals surface area contributed by atoms with Gasteiger partial charge in [-0.3, -0.25) is 0 Å². The fourth-order valence-corrected chi connectivity index (χ4v) is 4.14. The second-order valence-corrected chi connectivity index (χ2v) is 7.17. The van der Waals surface area contributed by atoms with Gasteiger partial charge in [-0.1, -0.05) is 40.5 Å². The van der Waals surface area contributed by atoms with Gasteiger partial charge in [0.15, 0.2) is 0 Å². The van der Waals surface area contributed by atoms with Gasteiger partial charge in [0.05, 0.1) is 6.04 Å². The van der Waals surface area contributed by atoms with E-state index in [1.165, 1.54) is 15.3 Å². The number of hydrogen-bond donors (Lipinski definition) is 1. The highest BCUT2D eigenvalue weighted by Crippen LogP contribution is 2.35. The van der Waals surface area contributed by atoms with Gasteiger partial charge in [-0.25, -0.2) is 0 Å². The number of nitrogens with one attached hydrogen (secondary N) is 1. The minimum absolute atomic E-state index is 0.171. The Labute approximate surface area is 132 Å². The number of rotatable bonds is 4. The molecule has 1 unspecified atom stereocenters. The molecule has 2 rings (SSSR count). The molecule has 0 fully saturated rings. The summed E-state index contributed by atoms with van der Waals surface area (Å²) in [6.07, 6.45) is 0. The largest absolute Gasteiger partial charge is 0.306 e. The van der Waals surface area contributed by atoms with Crippen molar-refractivity contribution in [1.29, 1.82) is 0 Å². The zero-order chi connectivity index (χ0) is 14.0. The summed E-state index contributed by atoms with van der Waals surface area (Å²) in [6.45, 7) is 7.34. The molecule has 0 radical (unpaired) electrons. The minimum atomic E-state index is 0.171. The molecule has 0 spiro atoms. The lowest BCUT2D eigenvalue weighted by atomic mass is 10.0. The Balaban J connectivity index is 2.48. The van der Waals surface area contributed by atoms with Crippen LogP contribution in [0, 0.1) is 13.8 Å². The second kappa shape index (κ2) is 6.40. The molecule has 1 aromatic carbocycles. The molecule has 2 aromatic rings. The Kier molecular flexibility index (Phi) is 5.07. The van der Waals surface area contributed by atoms with Crippen molar-refractivity contribution in [3.63, 3.8) is 0 Å². The van der Waals surface area contributed by atoms with E-state index in [4.69, 9.17) is 11.6 Å². The lowest BCUT2D eigenvalue weighted by Crippen LogP contribution is -2.22. The Morgan fingerprint density at radius 1 is 1.32 bits per heavy atom. The summed E-state index contributed by atoms with van der Waals surface area (Å²) in [5, 5.41) is 4.34. The average Bonchev–Trinajstić information content (AvgIpc) is 2.66. The number of benzene rings is 1. The van der Waals surface area contributed by atoms with E-state index in [9.17, 15) is 0 Å². The molecular weight excluding hydrogens is 342 g/mol. The Morgan fingerprint density at radius 2 is 2.05 bits per heavy atom. The maximum Gasteiger partial charge on any atom is 0.0688 e. The topological polar surface area (TPSA) is 12.0 Å². The molecule has 1 nitrogen and oxygen atoms in total. The van der Waals surface area contributed by atoms with E-state index < -0.39 is 0 Å². The van der Waals surface area contributed by atoms with Crippen molar-refractivity contribution in [3.8, 4) is 0 Å². The van der Waals surface area contributed by atoms with Gasteiger partial charge in [0.1, 0.15) is 0 Å². The molecule has 1 heterocycles. The van der Waals surface area contributed by atoms with Crippen LogP contribution in [0.1, 0.15) is 33.8 Å². The van der Waals surface area contributed by atoms with Crippen LogP contribution in [0.5, 0.6) is 0 Å². The molecule has 1 atom stereocenters. The van der Waals surface area contributed by atoms with E-state index in [0.717, 1.165) is 21.6 Å². The van der Waals surface area contributed by atoms with E-state index in [1.54, 1.807) is 0 Å². The Bertz CT molecular complexity index is 580. The van der Waals surface area contributed by atoms with Crippen LogP contribution in [-0.4, -0.2) is 6.54 Å². The van der Waals surface area contributed by atoms with Crippen molar-refractivity contribution < 1.29 is 0 Å². The number of thiophene rings is 1. The monoisotopic (exact) mass is 357 g/mol. The lowest BCUT2D eigenvalue weighted by Gasteiger charge is -2.19. The van der Waals surface area contributed by atoms with Crippen molar-refractivity contribution >= 4 is 38.9 Å². The minimum Gasteiger partial charge on any atom is -0.306 e. The summed E-state index contributed by atoms with van der Waals surface area (Å²) >= 11 is 11.7. The predicted molar refractivity (Wildman–Crippen MR) is 88.5 cm³/mol. The third-order valence-corrected chi connectivity index (χ3v) is 5.06. The molecule has 0 aliphatic carbocycles. The summed E-state index contributed by atoms with van der Waals surface area (Å²) in [6, 6.07) is 8.49. The number of aryl methyl sites for hydroxylation is 2. The molecule has 0 bridgehead atoms. The maximum atomic E-state index is 6.40. The van der Waals surface area contributed by atoms with Crippen LogP contribution in [0.2, 0.25) is 5.02 Å². The first-order valence-corrected chi connectivity index (χ1v) is 8.27. The van der Waals surface area contributed by atoms with E-state index >= 15 is 0 Å². The Morgan fingerprint density at radius 3 is 2.58 bits per heavy atom. The highest BCUT2D eigenvalue weighted by atomic mass is 79.9. The first kappa shape index (κ1) is 15.0. The smallest absolute Gasteiger partial charge is 0.0688 e. The fraction of sp³-hybridized carbons (Fsp3) is 0.333. The molecule has 19 heavy (non-hydrogen) atoms. The van der Waals surface area contributed by atoms with Crippen molar-refractivity contribution in [1.82, 2.24) is 5.32 Å². The van der Waals surface area contributed by atoms with Crippen LogP contribution in [-0.2, 0) is 0 Å². The standard InChI is InChI=1S/C15H17BrClNS/c1-4-18-14(15-9(2)7-10(3)19-15)12-6-5-11(16)8-13(12)17/h5-8,14,18H,4H2,1-3H3. The van der Waals surface area contributed by atoms with Gasteiger partial charge >= 0.3 is 0 Å². The summed E-state index contributed by atoms with van der Waals surface area (Å²) in [5.74, 6) is 0. The molecule has 0 amide bonds. The van der Waals surface area contributed by atoms with Crippen LogP contribution in [0.4, 0.5) is 0 Å². The summed E-state index contributed by atoms with van der Waals surface area (Å²) in [7, 11) is 0. The fourth-order valence-electron chi connectivity index (χ4n) is 2.23. The summed E-state index contributed by atoms with van der Waals surface area (Å²) in [4.78, 5) is 2.69. The van der Waals surface area contributed by atoms with Crippen LogP contribution in [0.3, 0.4) is 0 Å². The van der Waals surface area contributed by atoms with Crippen LogP contribution >= 0.6 is 38.9 Å². The average molecular weight is 359 g/mol.